The fourth-order valence-electron chi connectivity index (χ4n) is 2.83. The Morgan fingerprint density at radius 2 is 2.06 bits per heavy atom. The van der Waals surface area contributed by atoms with E-state index in [1.165, 1.54) is 25.4 Å². The molecule has 0 spiro atoms. The molecule has 0 bridgehead atoms. The molecular formula is C20H27FN3O6P. The van der Waals surface area contributed by atoms with Gasteiger partial charge in [0.15, 0.2) is 0 Å². The highest BCUT2D eigenvalue weighted by Crippen LogP contribution is 2.44. The molecule has 1 atom stereocenters. The number of carbonyl (C=O) groups is 1. The molecule has 0 aliphatic carbocycles. The molecule has 1 aromatic carbocycles. The monoisotopic (exact) mass is 455 g/mol. The Hall–Kier alpha value is -2.52. The van der Waals surface area contributed by atoms with E-state index in [9.17, 15) is 18.6 Å². The zero-order valence-electron chi connectivity index (χ0n) is 17.5. The zero-order chi connectivity index (χ0) is 22.9. The number of amides is 2. The third-order valence-corrected chi connectivity index (χ3v) is 5.57. The van der Waals surface area contributed by atoms with Gasteiger partial charge in [-0.15, -0.1) is 0 Å². The quantitative estimate of drug-likeness (QED) is 0.263. The number of methoxy groups -OCH3 is 1. The highest BCUT2D eigenvalue weighted by atomic mass is 31.2. The number of nitrogens with one attached hydrogen (secondary N) is 1. The van der Waals surface area contributed by atoms with Crippen molar-refractivity contribution in [2.45, 2.75) is 32.3 Å². The van der Waals surface area contributed by atoms with Crippen LogP contribution in [0.5, 0.6) is 5.75 Å². The third kappa shape index (κ3) is 7.91. The van der Waals surface area contributed by atoms with Gasteiger partial charge in [-0.3, -0.25) is 9.88 Å². The summed E-state index contributed by atoms with van der Waals surface area (Å²) in [4.78, 5) is 27.7. The summed E-state index contributed by atoms with van der Waals surface area (Å²) in [5, 5.41) is 11.1. The van der Waals surface area contributed by atoms with Gasteiger partial charge in [-0.05, 0) is 42.2 Å². The van der Waals surface area contributed by atoms with E-state index in [1.807, 2.05) is 6.92 Å². The molecule has 1 heterocycles. The number of nitrogens with zero attached hydrogens (tertiary/aromatic N) is 2. The van der Waals surface area contributed by atoms with Crippen LogP contribution in [-0.2, 0) is 21.8 Å². The van der Waals surface area contributed by atoms with Crippen molar-refractivity contribution in [3.8, 4) is 5.75 Å². The van der Waals surface area contributed by atoms with E-state index in [0.29, 0.717) is 23.7 Å². The lowest BCUT2D eigenvalue weighted by atomic mass is 10.1. The highest BCUT2D eigenvalue weighted by molar-refractivity contribution is 7.51. The van der Waals surface area contributed by atoms with E-state index in [4.69, 9.17) is 9.99 Å². The number of carbonyl (C=O) groups excluding carboxylic acids is 1. The van der Waals surface area contributed by atoms with Gasteiger partial charge in [0.2, 0.25) is 0 Å². The molecule has 1 unspecified atom stereocenters. The maximum absolute atomic E-state index is 14.4. The van der Waals surface area contributed by atoms with E-state index in [2.05, 4.69) is 15.0 Å². The van der Waals surface area contributed by atoms with Gasteiger partial charge in [-0.2, -0.15) is 4.67 Å². The van der Waals surface area contributed by atoms with Crippen LogP contribution in [-0.4, -0.2) is 46.3 Å². The first-order chi connectivity index (χ1) is 14.8. The minimum atomic E-state index is -4.21. The molecule has 0 saturated heterocycles. The van der Waals surface area contributed by atoms with Gasteiger partial charge in [0.05, 0.1) is 19.5 Å². The van der Waals surface area contributed by atoms with E-state index in [1.54, 1.807) is 17.0 Å². The summed E-state index contributed by atoms with van der Waals surface area (Å²) in [6, 6.07) is 7.06. The summed E-state index contributed by atoms with van der Waals surface area (Å²) in [5.74, 6) is 0.383. The standard InChI is InChI=1S/C20H27FN3O6P/c1-3-4-10-24(20(25)23-19-8-7-17(29-2)13-22-19)11-9-16-6-5-15(12-18(16)21)14-31(27,28)30-26/h5-8,12-13,26H,3-4,9-11,14H2,1-2H3,(H,27,28)(H,22,23,25). The number of hydrogen-bond acceptors (Lipinski definition) is 6. The first kappa shape index (κ1) is 24.7. The van der Waals surface area contributed by atoms with Crippen LogP contribution in [0.15, 0.2) is 36.5 Å². The fourth-order valence-corrected chi connectivity index (χ4v) is 3.55. The van der Waals surface area contributed by atoms with Crippen molar-refractivity contribution in [2.75, 3.05) is 25.5 Å². The molecule has 170 valence electrons. The lowest BCUT2D eigenvalue weighted by molar-refractivity contribution is -0.146. The maximum atomic E-state index is 14.4. The Labute approximate surface area is 180 Å². The molecule has 0 radical (unpaired) electrons. The summed E-state index contributed by atoms with van der Waals surface area (Å²) in [6.45, 7) is 2.78. The van der Waals surface area contributed by atoms with Crippen molar-refractivity contribution in [1.29, 1.82) is 0 Å². The Bertz CT molecular complexity index is 912. The molecule has 9 nitrogen and oxygen atoms in total. The van der Waals surface area contributed by atoms with E-state index in [-0.39, 0.29) is 24.6 Å². The molecule has 2 aromatic rings. The van der Waals surface area contributed by atoms with Crippen LogP contribution in [0.1, 0.15) is 30.9 Å². The van der Waals surface area contributed by atoms with Gasteiger partial charge in [-0.25, -0.2) is 19.4 Å². The van der Waals surface area contributed by atoms with Gasteiger partial charge >= 0.3 is 13.6 Å². The molecule has 31 heavy (non-hydrogen) atoms. The number of ether oxygens (including phenoxy) is 1. The molecule has 11 heteroatoms. The summed E-state index contributed by atoms with van der Waals surface area (Å²) in [5.41, 5.74) is 0.575. The van der Waals surface area contributed by atoms with E-state index in [0.717, 1.165) is 18.9 Å². The van der Waals surface area contributed by atoms with Crippen molar-refractivity contribution < 1.29 is 33.3 Å². The number of unbranched alkanes of at least 4 members (excludes halogenated alkanes) is 1. The number of pyridine rings is 1. The van der Waals surface area contributed by atoms with Crippen LogP contribution in [0.2, 0.25) is 0 Å². The largest absolute Gasteiger partial charge is 0.495 e. The predicted molar refractivity (Wildman–Crippen MR) is 114 cm³/mol. The van der Waals surface area contributed by atoms with Crippen molar-refractivity contribution >= 4 is 19.4 Å². The molecule has 2 amide bonds. The molecule has 0 aliphatic rings. The van der Waals surface area contributed by atoms with Gasteiger partial charge in [0.25, 0.3) is 0 Å². The van der Waals surface area contributed by atoms with Gasteiger partial charge < -0.3 is 14.5 Å². The Kier molecular flexibility index (Phi) is 9.39. The molecule has 1 aromatic heterocycles. The molecule has 0 aliphatic heterocycles. The Morgan fingerprint density at radius 1 is 1.29 bits per heavy atom. The number of rotatable bonds is 11. The summed E-state index contributed by atoms with van der Waals surface area (Å²) < 4.78 is 34.4. The average molecular weight is 455 g/mol. The van der Waals surface area contributed by atoms with Crippen LogP contribution in [0.25, 0.3) is 0 Å². The molecule has 0 saturated carbocycles. The van der Waals surface area contributed by atoms with Crippen molar-refractivity contribution in [3.05, 3.63) is 53.5 Å². The SMILES string of the molecule is CCCCN(CCc1ccc(CP(=O)(O)OO)cc1F)C(=O)Nc1ccc(OC)cn1. The topological polar surface area (TPSA) is 121 Å². The first-order valence-electron chi connectivity index (χ1n) is 9.76. The lowest BCUT2D eigenvalue weighted by Gasteiger charge is -2.23. The summed E-state index contributed by atoms with van der Waals surface area (Å²) in [7, 11) is -2.69. The van der Waals surface area contributed by atoms with Crippen molar-refractivity contribution in [1.82, 2.24) is 9.88 Å². The van der Waals surface area contributed by atoms with Crippen molar-refractivity contribution in [2.24, 2.45) is 0 Å². The van der Waals surface area contributed by atoms with Crippen LogP contribution in [0.3, 0.4) is 0 Å². The molecule has 3 N–H and O–H groups in total. The van der Waals surface area contributed by atoms with E-state index >= 15 is 0 Å². The first-order valence-corrected chi connectivity index (χ1v) is 11.5. The second-order valence-corrected chi connectivity index (χ2v) is 8.66. The minimum Gasteiger partial charge on any atom is -0.495 e. The fraction of sp³-hybridized carbons (Fsp3) is 0.400. The number of urea groups is 1. The number of hydrogen-bond donors (Lipinski definition) is 3. The number of aromatic nitrogens is 1. The van der Waals surface area contributed by atoms with Gasteiger partial charge in [-0.1, -0.05) is 25.5 Å². The number of anilines is 1. The summed E-state index contributed by atoms with van der Waals surface area (Å²) >= 11 is 0. The van der Waals surface area contributed by atoms with Crippen molar-refractivity contribution in [3.63, 3.8) is 0 Å². The number of benzene rings is 1. The summed E-state index contributed by atoms with van der Waals surface area (Å²) in [6.07, 6.45) is 2.92. The second-order valence-electron chi connectivity index (χ2n) is 6.91. The Morgan fingerprint density at radius 3 is 2.65 bits per heavy atom. The molecule has 2 rings (SSSR count). The second kappa shape index (κ2) is 11.8. The van der Waals surface area contributed by atoms with Gasteiger partial charge in [0.1, 0.15) is 17.4 Å². The van der Waals surface area contributed by atoms with Crippen LogP contribution < -0.4 is 10.1 Å². The molecular weight excluding hydrogens is 428 g/mol. The molecule has 0 fully saturated rings. The van der Waals surface area contributed by atoms with E-state index < -0.39 is 19.6 Å². The van der Waals surface area contributed by atoms with Crippen LogP contribution >= 0.6 is 7.60 Å². The van der Waals surface area contributed by atoms with Crippen LogP contribution in [0, 0.1) is 5.82 Å². The third-order valence-electron chi connectivity index (χ3n) is 4.55. The minimum absolute atomic E-state index is 0.215. The normalized spacial score (nSPS) is 12.8. The average Bonchev–Trinajstić information content (AvgIpc) is 2.75. The maximum Gasteiger partial charge on any atom is 0.359 e. The van der Waals surface area contributed by atoms with Crippen LogP contribution in [0.4, 0.5) is 15.0 Å². The predicted octanol–water partition coefficient (Wildman–Crippen LogP) is 4.28. The lowest BCUT2D eigenvalue weighted by Crippen LogP contribution is -2.37. The smallest absolute Gasteiger partial charge is 0.359 e. The van der Waals surface area contributed by atoms with Gasteiger partial charge in [0, 0.05) is 13.1 Å². The zero-order valence-corrected chi connectivity index (χ0v) is 18.3. The number of halogens is 1. The highest BCUT2D eigenvalue weighted by Gasteiger charge is 2.21. The Balaban J connectivity index is 2.03.